The van der Waals surface area contributed by atoms with Crippen LogP contribution < -0.4 is 10.6 Å². The molecule has 2 N–H and O–H groups in total. The van der Waals surface area contributed by atoms with Gasteiger partial charge in [0.2, 0.25) is 0 Å². The fourth-order valence-corrected chi connectivity index (χ4v) is 3.45. The quantitative estimate of drug-likeness (QED) is 0.548. The van der Waals surface area contributed by atoms with Crippen LogP contribution in [-0.2, 0) is 11.2 Å². The van der Waals surface area contributed by atoms with E-state index in [1.165, 1.54) is 5.56 Å². The number of aryl methyl sites for hydroxylation is 1. The average Bonchev–Trinajstić information content (AvgIpc) is 3.15. The first-order valence-electron chi connectivity index (χ1n) is 9.73. The number of ether oxygens (including phenoxy) is 1. The molecule has 0 spiro atoms. The van der Waals surface area contributed by atoms with E-state index in [1.807, 2.05) is 37.3 Å². The number of halogens is 1. The molecule has 6 nitrogen and oxygen atoms in total. The smallest absolute Gasteiger partial charge is 0.191 e. The summed E-state index contributed by atoms with van der Waals surface area (Å²) in [5.74, 6) is 2.69. The Hall–Kier alpha value is -2.02. The van der Waals surface area contributed by atoms with Gasteiger partial charge in [0.25, 0.3) is 0 Å². The van der Waals surface area contributed by atoms with Gasteiger partial charge in [0.15, 0.2) is 5.96 Å². The van der Waals surface area contributed by atoms with E-state index in [0.717, 1.165) is 61.8 Å². The van der Waals surface area contributed by atoms with Crippen LogP contribution in [0.25, 0.3) is 0 Å². The molecule has 0 bridgehead atoms. The Labute approximate surface area is 171 Å². The van der Waals surface area contributed by atoms with Crippen LogP contribution in [0, 0.1) is 6.92 Å². The number of guanidine groups is 1. The Kier molecular flexibility index (Phi) is 7.77. The van der Waals surface area contributed by atoms with E-state index in [4.69, 9.17) is 20.8 Å². The summed E-state index contributed by atoms with van der Waals surface area (Å²) in [6.45, 7) is 6.79. The monoisotopic (exact) mass is 404 g/mol. The van der Waals surface area contributed by atoms with Crippen molar-refractivity contribution in [1.82, 2.24) is 15.5 Å². The molecule has 1 atom stereocenters. The summed E-state index contributed by atoms with van der Waals surface area (Å²) in [5, 5.41) is 7.59. The van der Waals surface area contributed by atoms with Gasteiger partial charge < -0.3 is 19.8 Å². The molecule has 1 fully saturated rings. The molecule has 0 radical (unpaired) electrons. The third-order valence-electron chi connectivity index (χ3n) is 4.88. The van der Waals surface area contributed by atoms with Gasteiger partial charge in [-0.25, -0.2) is 0 Å². The first-order chi connectivity index (χ1) is 13.7. The number of furan rings is 1. The average molecular weight is 405 g/mol. The summed E-state index contributed by atoms with van der Waals surface area (Å²) < 4.78 is 11.4. The van der Waals surface area contributed by atoms with Gasteiger partial charge >= 0.3 is 0 Å². The molecule has 1 aromatic carbocycles. The molecule has 0 saturated carbocycles. The topological polar surface area (TPSA) is 62.0 Å². The number of hydrogen-bond acceptors (Lipinski definition) is 4. The number of aliphatic imine (C=N–C) groups is 1. The first kappa shape index (κ1) is 20.7. The Bertz CT molecular complexity index is 754. The van der Waals surface area contributed by atoms with Gasteiger partial charge in [-0.3, -0.25) is 9.89 Å². The summed E-state index contributed by atoms with van der Waals surface area (Å²) in [6.07, 6.45) is 0.905. The third-order valence-corrected chi connectivity index (χ3v) is 5.13. The summed E-state index contributed by atoms with van der Waals surface area (Å²) in [6, 6.07) is 12.2. The predicted molar refractivity (Wildman–Crippen MR) is 113 cm³/mol. The summed E-state index contributed by atoms with van der Waals surface area (Å²) >= 11 is 5.94. The third kappa shape index (κ3) is 5.99. The van der Waals surface area contributed by atoms with Crippen LogP contribution in [0.15, 0.2) is 45.8 Å². The summed E-state index contributed by atoms with van der Waals surface area (Å²) in [4.78, 5) is 6.75. The molecule has 28 heavy (non-hydrogen) atoms. The van der Waals surface area contributed by atoms with Gasteiger partial charge in [0.05, 0.1) is 19.3 Å². The van der Waals surface area contributed by atoms with Crippen molar-refractivity contribution in [2.45, 2.75) is 19.4 Å². The molecule has 1 aliphatic heterocycles. The normalized spacial score (nSPS) is 16.8. The molecule has 0 aliphatic carbocycles. The molecule has 2 heterocycles. The molecular weight excluding hydrogens is 376 g/mol. The number of morpholine rings is 1. The van der Waals surface area contributed by atoms with Crippen molar-refractivity contribution in [3.63, 3.8) is 0 Å². The van der Waals surface area contributed by atoms with Gasteiger partial charge in [-0.2, -0.15) is 0 Å². The minimum absolute atomic E-state index is 0.146. The van der Waals surface area contributed by atoms with Gasteiger partial charge in [0, 0.05) is 38.2 Å². The fraction of sp³-hybridized carbons (Fsp3) is 0.476. The van der Waals surface area contributed by atoms with E-state index in [0.29, 0.717) is 6.54 Å². The van der Waals surface area contributed by atoms with Crippen LogP contribution in [-0.4, -0.2) is 57.3 Å². The zero-order valence-corrected chi connectivity index (χ0v) is 17.3. The highest BCUT2D eigenvalue weighted by Gasteiger charge is 2.25. The molecule has 1 saturated heterocycles. The lowest BCUT2D eigenvalue weighted by Crippen LogP contribution is -2.46. The maximum atomic E-state index is 5.94. The maximum Gasteiger partial charge on any atom is 0.191 e. The number of nitrogens with zero attached hydrogens (tertiary/aromatic N) is 2. The van der Waals surface area contributed by atoms with Crippen LogP contribution in [0.3, 0.4) is 0 Å². The molecule has 0 amide bonds. The van der Waals surface area contributed by atoms with E-state index >= 15 is 0 Å². The number of benzene rings is 1. The second kappa shape index (κ2) is 10.5. The SMILES string of the molecule is CN=C(NCCc1ccc(Cl)cc1)NCC(c1ccc(C)o1)N1CCOCC1. The molecule has 3 rings (SSSR count). The Morgan fingerprint density at radius 2 is 1.89 bits per heavy atom. The minimum atomic E-state index is 0.146. The second-order valence-corrected chi connectivity index (χ2v) is 7.31. The Morgan fingerprint density at radius 3 is 2.54 bits per heavy atom. The Balaban J connectivity index is 1.53. The molecule has 7 heteroatoms. The lowest BCUT2D eigenvalue weighted by molar-refractivity contribution is 0.0124. The van der Waals surface area contributed by atoms with Gasteiger partial charge in [-0.1, -0.05) is 23.7 Å². The van der Waals surface area contributed by atoms with Crippen LogP contribution >= 0.6 is 11.6 Å². The van der Waals surface area contributed by atoms with E-state index in [1.54, 1.807) is 7.05 Å². The minimum Gasteiger partial charge on any atom is -0.465 e. The van der Waals surface area contributed by atoms with E-state index in [-0.39, 0.29) is 6.04 Å². The van der Waals surface area contributed by atoms with Crippen molar-refractivity contribution in [2.24, 2.45) is 4.99 Å². The lowest BCUT2D eigenvalue weighted by atomic mass is 10.1. The fourth-order valence-electron chi connectivity index (χ4n) is 3.32. The van der Waals surface area contributed by atoms with Crippen LogP contribution in [0.2, 0.25) is 5.02 Å². The first-order valence-corrected chi connectivity index (χ1v) is 10.1. The van der Waals surface area contributed by atoms with Crippen LogP contribution in [0.1, 0.15) is 23.1 Å². The Morgan fingerprint density at radius 1 is 1.14 bits per heavy atom. The molecular formula is C21H29ClN4O2. The summed E-state index contributed by atoms with van der Waals surface area (Å²) in [5.41, 5.74) is 1.24. The van der Waals surface area contributed by atoms with Crippen molar-refractivity contribution >= 4 is 17.6 Å². The van der Waals surface area contributed by atoms with Crippen molar-refractivity contribution in [2.75, 3.05) is 46.4 Å². The zero-order valence-electron chi connectivity index (χ0n) is 16.6. The highest BCUT2D eigenvalue weighted by Crippen LogP contribution is 2.23. The largest absolute Gasteiger partial charge is 0.465 e. The summed E-state index contributed by atoms with van der Waals surface area (Å²) in [7, 11) is 1.79. The molecule has 1 aromatic heterocycles. The van der Waals surface area contributed by atoms with Crippen molar-refractivity contribution in [3.8, 4) is 0 Å². The van der Waals surface area contributed by atoms with E-state index < -0.39 is 0 Å². The number of hydrogen-bond donors (Lipinski definition) is 2. The van der Waals surface area contributed by atoms with Crippen LogP contribution in [0.5, 0.6) is 0 Å². The highest BCUT2D eigenvalue weighted by molar-refractivity contribution is 6.30. The van der Waals surface area contributed by atoms with Gasteiger partial charge in [-0.15, -0.1) is 0 Å². The van der Waals surface area contributed by atoms with E-state index in [2.05, 4.69) is 26.6 Å². The van der Waals surface area contributed by atoms with Crippen molar-refractivity contribution < 1.29 is 9.15 Å². The standard InChI is InChI=1S/C21H29ClN4O2/c1-16-3-8-20(28-16)19(26-11-13-27-14-12-26)15-25-21(23-2)24-10-9-17-4-6-18(22)7-5-17/h3-8,19H,9-15H2,1-2H3,(H2,23,24,25). The van der Waals surface area contributed by atoms with Crippen molar-refractivity contribution in [3.05, 3.63) is 58.5 Å². The van der Waals surface area contributed by atoms with E-state index in [9.17, 15) is 0 Å². The van der Waals surface area contributed by atoms with Gasteiger partial charge in [-0.05, 0) is 43.2 Å². The zero-order chi connectivity index (χ0) is 19.8. The number of nitrogens with one attached hydrogen (secondary N) is 2. The predicted octanol–water partition coefficient (Wildman–Crippen LogP) is 3.02. The molecule has 1 unspecified atom stereocenters. The molecule has 1 aliphatic rings. The highest BCUT2D eigenvalue weighted by atomic mass is 35.5. The lowest BCUT2D eigenvalue weighted by Gasteiger charge is -2.33. The van der Waals surface area contributed by atoms with Gasteiger partial charge in [0.1, 0.15) is 11.5 Å². The second-order valence-electron chi connectivity index (χ2n) is 6.87. The molecule has 2 aromatic rings. The molecule has 152 valence electrons. The van der Waals surface area contributed by atoms with Crippen molar-refractivity contribution in [1.29, 1.82) is 0 Å². The number of rotatable bonds is 7. The maximum absolute atomic E-state index is 5.94. The van der Waals surface area contributed by atoms with Crippen LogP contribution in [0.4, 0.5) is 0 Å².